The highest BCUT2D eigenvalue weighted by Crippen LogP contribution is 2.09. The number of rotatable bonds is 27. The van der Waals surface area contributed by atoms with E-state index in [9.17, 15) is 9.59 Å². The van der Waals surface area contributed by atoms with E-state index in [0.717, 1.165) is 57.8 Å². The molecule has 0 aliphatic heterocycles. The maximum absolute atomic E-state index is 10.8. The summed E-state index contributed by atoms with van der Waals surface area (Å²) >= 11 is 0. The molecule has 0 saturated carbocycles. The van der Waals surface area contributed by atoms with E-state index >= 15 is 0 Å². The Morgan fingerprint density at radius 3 is 1.27 bits per heavy atom. The van der Waals surface area contributed by atoms with Crippen molar-refractivity contribution in [2.45, 2.75) is 162 Å². The molecule has 0 aromatic rings. The van der Waals surface area contributed by atoms with Gasteiger partial charge in [0, 0.05) is 12.8 Å². The van der Waals surface area contributed by atoms with Crippen LogP contribution in [-0.2, 0) is 9.59 Å². The fourth-order valence-corrected chi connectivity index (χ4v) is 4.08. The summed E-state index contributed by atoms with van der Waals surface area (Å²) < 4.78 is 0. The highest BCUT2D eigenvalue weighted by Gasteiger charge is 1.96. The quantitative estimate of drug-likeness (QED) is 0.0808. The molecule has 0 fully saturated rings. The number of aliphatic carboxylic acids is 1. The third-order valence-corrected chi connectivity index (χ3v) is 6.52. The first-order chi connectivity index (χ1) is 19.5. The lowest BCUT2D eigenvalue weighted by Crippen LogP contribution is -1.93. The Hall–Kier alpha value is -2.16. The zero-order valence-corrected chi connectivity index (χ0v) is 26.6. The first-order valence-electron chi connectivity index (χ1n) is 16.5. The van der Waals surface area contributed by atoms with E-state index in [-0.39, 0.29) is 0 Å². The normalized spacial score (nSPS) is 11.9. The van der Waals surface area contributed by atoms with Gasteiger partial charge in [-0.25, -0.2) is 0 Å². The highest BCUT2D eigenvalue weighted by atomic mass is 16.4. The van der Waals surface area contributed by atoms with E-state index in [1.807, 2.05) is 0 Å². The average molecular weight is 557 g/mol. The minimum absolute atomic E-state index is 0.324. The van der Waals surface area contributed by atoms with E-state index in [1.165, 1.54) is 77.0 Å². The molecule has 1 N–H and O–H groups in total. The molecule has 0 aromatic heterocycles. The van der Waals surface area contributed by atoms with Gasteiger partial charge in [-0.15, -0.1) is 0 Å². The van der Waals surface area contributed by atoms with Gasteiger partial charge in [0.25, 0.3) is 0 Å². The number of allylic oxidation sites excluding steroid dienone is 10. The third kappa shape index (κ3) is 42.9. The molecule has 0 heterocycles. The number of Topliss-reactive ketones (excluding diaryl/α,β-unsaturated/α-hetero) is 1. The number of carbonyl (C=O) groups is 2. The van der Waals surface area contributed by atoms with Crippen LogP contribution in [0.2, 0.25) is 0 Å². The third-order valence-electron chi connectivity index (χ3n) is 6.52. The predicted molar refractivity (Wildman–Crippen MR) is 177 cm³/mol. The number of ketones is 1. The average Bonchev–Trinajstić information content (AvgIpc) is 2.93. The molecule has 0 spiro atoms. The monoisotopic (exact) mass is 556 g/mol. The van der Waals surface area contributed by atoms with Crippen molar-refractivity contribution in [3.8, 4) is 0 Å². The molecule has 230 valence electrons. The molecule has 0 aliphatic rings. The van der Waals surface area contributed by atoms with Crippen molar-refractivity contribution in [2.24, 2.45) is 0 Å². The summed E-state index contributed by atoms with van der Waals surface area (Å²) in [5.74, 6) is -0.346. The van der Waals surface area contributed by atoms with Crippen LogP contribution >= 0.6 is 0 Å². The molecule has 3 nitrogen and oxygen atoms in total. The van der Waals surface area contributed by atoms with Gasteiger partial charge < -0.3 is 9.90 Å². The number of hydrogen-bond acceptors (Lipinski definition) is 2. The lowest BCUT2D eigenvalue weighted by molar-refractivity contribution is -0.137. The van der Waals surface area contributed by atoms with Crippen molar-refractivity contribution in [2.75, 3.05) is 0 Å². The topological polar surface area (TPSA) is 54.4 Å². The fourth-order valence-electron chi connectivity index (χ4n) is 4.08. The van der Waals surface area contributed by atoms with Crippen LogP contribution in [0.3, 0.4) is 0 Å². The summed E-state index contributed by atoms with van der Waals surface area (Å²) in [5.41, 5.74) is 0. The number of carboxylic acids is 1. The van der Waals surface area contributed by atoms with E-state index < -0.39 is 5.97 Å². The molecule has 0 amide bonds. The largest absolute Gasteiger partial charge is 0.481 e. The van der Waals surface area contributed by atoms with Crippen molar-refractivity contribution in [1.29, 1.82) is 0 Å². The van der Waals surface area contributed by atoms with Crippen LogP contribution in [0.15, 0.2) is 60.8 Å². The van der Waals surface area contributed by atoms with Crippen molar-refractivity contribution in [3.05, 3.63) is 60.8 Å². The summed E-state index contributed by atoms with van der Waals surface area (Å²) in [6.07, 6.45) is 47.0. The van der Waals surface area contributed by atoms with Crippen LogP contribution in [-0.4, -0.2) is 16.9 Å². The standard InChI is InChI=1S/C19H32O.C18H32O2/c1-3-4-5-6-7-8-9-10-11-12-13-14-15-16-17-18-19(2)20;1-2-3-4-5-6-7-8-9-10-11-12-13-14-15-16-17-18(19)20/h4-5,7-8,10-11H,3,6,9,12-18H2,1-2H3;6-7,9-10H,2-5,8,11-17H2,1H3,(H,19,20)/b5-4-,8-7-,11-10-;7-6-,10-9-. The number of carboxylic acid groups (broad SMARTS) is 1. The van der Waals surface area contributed by atoms with Crippen LogP contribution in [0.4, 0.5) is 0 Å². The van der Waals surface area contributed by atoms with Crippen LogP contribution in [0.25, 0.3) is 0 Å². The minimum Gasteiger partial charge on any atom is -0.481 e. The molecule has 0 unspecified atom stereocenters. The summed E-state index contributed by atoms with van der Waals surface area (Å²) in [7, 11) is 0. The molecule has 0 saturated heterocycles. The SMILES string of the molecule is CC/C=C\C/C=C\C/C=C\CCCCCCCC(C)=O.CCCCC/C=C\C/C=C\CCCCCCCC(=O)O. The van der Waals surface area contributed by atoms with Crippen molar-refractivity contribution < 1.29 is 14.7 Å². The lowest BCUT2D eigenvalue weighted by atomic mass is 10.1. The van der Waals surface area contributed by atoms with Gasteiger partial charge in [-0.2, -0.15) is 0 Å². The Morgan fingerprint density at radius 2 is 0.850 bits per heavy atom. The van der Waals surface area contributed by atoms with Gasteiger partial charge in [-0.1, -0.05) is 126 Å². The van der Waals surface area contributed by atoms with Crippen LogP contribution in [0.1, 0.15) is 162 Å². The van der Waals surface area contributed by atoms with Crippen molar-refractivity contribution >= 4 is 11.8 Å². The number of carbonyl (C=O) groups excluding carboxylic acids is 1. The van der Waals surface area contributed by atoms with Gasteiger partial charge in [0.1, 0.15) is 5.78 Å². The van der Waals surface area contributed by atoms with Crippen LogP contribution < -0.4 is 0 Å². The molecule has 0 radical (unpaired) electrons. The molecule has 3 heteroatoms. The number of unbranched alkanes of at least 4 members (excludes halogenated alkanes) is 13. The van der Waals surface area contributed by atoms with Gasteiger partial charge in [0.15, 0.2) is 0 Å². The van der Waals surface area contributed by atoms with Gasteiger partial charge in [-0.05, 0) is 84.0 Å². The van der Waals surface area contributed by atoms with Gasteiger partial charge >= 0.3 is 5.97 Å². The Labute approximate surface area is 249 Å². The molecular formula is C37H64O3. The summed E-state index contributed by atoms with van der Waals surface area (Å²) in [4.78, 5) is 21.1. The smallest absolute Gasteiger partial charge is 0.303 e. The molecule has 40 heavy (non-hydrogen) atoms. The molecule has 0 aliphatic carbocycles. The summed E-state index contributed by atoms with van der Waals surface area (Å²) in [5, 5.41) is 8.50. The lowest BCUT2D eigenvalue weighted by Gasteiger charge is -1.98. The van der Waals surface area contributed by atoms with Crippen LogP contribution in [0, 0.1) is 0 Å². The second-order valence-electron chi connectivity index (χ2n) is 10.7. The molecule has 0 atom stereocenters. The first kappa shape index (κ1) is 40.0. The summed E-state index contributed by atoms with van der Waals surface area (Å²) in [6.45, 7) is 6.07. The zero-order valence-electron chi connectivity index (χ0n) is 26.6. The second kappa shape index (κ2) is 36.8. The fraction of sp³-hybridized carbons (Fsp3) is 0.676. The maximum atomic E-state index is 10.8. The van der Waals surface area contributed by atoms with Gasteiger partial charge in [0.2, 0.25) is 0 Å². The van der Waals surface area contributed by atoms with Gasteiger partial charge in [-0.3, -0.25) is 4.79 Å². The van der Waals surface area contributed by atoms with Gasteiger partial charge in [0.05, 0.1) is 0 Å². The Kier molecular flexibility index (Phi) is 36.8. The Balaban J connectivity index is 0. The molecule has 0 rings (SSSR count). The zero-order chi connectivity index (χ0) is 29.8. The predicted octanol–water partition coefficient (Wildman–Crippen LogP) is 12.0. The Morgan fingerprint density at radius 1 is 0.475 bits per heavy atom. The minimum atomic E-state index is -0.671. The maximum Gasteiger partial charge on any atom is 0.303 e. The highest BCUT2D eigenvalue weighted by molar-refractivity contribution is 5.75. The van der Waals surface area contributed by atoms with E-state index in [4.69, 9.17) is 5.11 Å². The molecular weight excluding hydrogens is 492 g/mol. The first-order valence-corrected chi connectivity index (χ1v) is 16.5. The summed E-state index contributed by atoms with van der Waals surface area (Å²) in [6, 6.07) is 0. The van der Waals surface area contributed by atoms with Crippen LogP contribution in [0.5, 0.6) is 0 Å². The number of hydrogen-bond donors (Lipinski definition) is 1. The van der Waals surface area contributed by atoms with Crippen molar-refractivity contribution in [3.63, 3.8) is 0 Å². The molecule has 0 aromatic carbocycles. The molecule has 0 bridgehead atoms. The van der Waals surface area contributed by atoms with E-state index in [1.54, 1.807) is 6.92 Å². The Bertz CT molecular complexity index is 682. The van der Waals surface area contributed by atoms with E-state index in [0.29, 0.717) is 12.2 Å². The van der Waals surface area contributed by atoms with E-state index in [2.05, 4.69) is 74.6 Å². The second-order valence-corrected chi connectivity index (χ2v) is 10.7. The van der Waals surface area contributed by atoms with Crippen molar-refractivity contribution in [1.82, 2.24) is 0 Å².